The molecular weight excluding hydrogens is 336 g/mol. The molecule has 27 heavy (non-hydrogen) atoms. The molecule has 1 fully saturated rings. The lowest BCUT2D eigenvalue weighted by atomic mass is 9.89. The molecule has 0 aromatic heterocycles. The van der Waals surface area contributed by atoms with Crippen LogP contribution in [0.15, 0.2) is 36.4 Å². The van der Waals surface area contributed by atoms with E-state index >= 15 is 0 Å². The third kappa shape index (κ3) is 4.52. The first-order valence-corrected chi connectivity index (χ1v) is 9.95. The van der Waals surface area contributed by atoms with Crippen LogP contribution in [0.5, 0.6) is 11.5 Å². The zero-order valence-corrected chi connectivity index (χ0v) is 16.9. The Balaban J connectivity index is 1.75. The van der Waals surface area contributed by atoms with E-state index in [1.807, 2.05) is 57.2 Å². The van der Waals surface area contributed by atoms with E-state index in [0.717, 1.165) is 46.6 Å². The van der Waals surface area contributed by atoms with Gasteiger partial charge in [-0.3, -0.25) is 4.79 Å². The van der Waals surface area contributed by atoms with Crippen molar-refractivity contribution in [2.75, 3.05) is 7.11 Å². The number of methoxy groups -OCH3 is 1. The number of hydrogen-bond donors (Lipinski definition) is 0. The number of ether oxygens (including phenoxy) is 2. The second kappa shape index (κ2) is 8.60. The highest BCUT2D eigenvalue weighted by Gasteiger charge is 2.21. The van der Waals surface area contributed by atoms with Gasteiger partial charge in [-0.2, -0.15) is 0 Å². The van der Waals surface area contributed by atoms with Crippen LogP contribution in [-0.2, 0) is 0 Å². The van der Waals surface area contributed by atoms with Crippen LogP contribution < -0.4 is 9.47 Å². The van der Waals surface area contributed by atoms with Gasteiger partial charge in [-0.15, -0.1) is 0 Å². The molecule has 0 heterocycles. The average molecular weight is 367 g/mol. The van der Waals surface area contributed by atoms with E-state index in [1.54, 1.807) is 7.11 Å². The van der Waals surface area contributed by atoms with Crippen molar-refractivity contribution in [3.05, 3.63) is 58.7 Å². The summed E-state index contributed by atoms with van der Waals surface area (Å²) in [5, 5.41) is 0. The van der Waals surface area contributed by atoms with E-state index in [4.69, 9.17) is 9.47 Å². The molecule has 0 radical (unpaired) electrons. The van der Waals surface area contributed by atoms with Crippen molar-refractivity contribution in [3.8, 4) is 11.5 Å². The maximum absolute atomic E-state index is 13.1. The molecule has 0 bridgehead atoms. The first-order valence-electron chi connectivity index (χ1n) is 9.95. The summed E-state index contributed by atoms with van der Waals surface area (Å²) in [6, 6.07) is 11.8. The Morgan fingerprint density at radius 2 is 1.74 bits per heavy atom. The van der Waals surface area contributed by atoms with E-state index < -0.39 is 0 Å². The van der Waals surface area contributed by atoms with Crippen LogP contribution in [0.2, 0.25) is 0 Å². The molecule has 1 aliphatic carbocycles. The maximum atomic E-state index is 13.1. The highest BCUT2D eigenvalue weighted by Crippen LogP contribution is 2.29. The van der Waals surface area contributed by atoms with E-state index in [1.165, 1.54) is 19.3 Å². The number of carbonyl (C=O) groups excluding carboxylic acids is 1. The van der Waals surface area contributed by atoms with Crippen LogP contribution in [0.3, 0.4) is 0 Å². The molecule has 1 saturated carbocycles. The monoisotopic (exact) mass is 366 g/mol. The highest BCUT2D eigenvalue weighted by molar-refractivity contribution is 6.02. The zero-order chi connectivity index (χ0) is 19.4. The Kier molecular flexibility index (Phi) is 6.20. The lowest BCUT2D eigenvalue weighted by molar-refractivity contribution is 0.0965. The van der Waals surface area contributed by atoms with E-state index in [9.17, 15) is 4.79 Å². The van der Waals surface area contributed by atoms with Crippen molar-refractivity contribution < 1.29 is 14.3 Å². The minimum absolute atomic E-state index is 0.127. The predicted molar refractivity (Wildman–Crippen MR) is 109 cm³/mol. The first-order chi connectivity index (χ1) is 13.0. The molecular formula is C24H30O3. The van der Waals surface area contributed by atoms with Gasteiger partial charge in [0.2, 0.25) is 0 Å². The summed E-state index contributed by atoms with van der Waals surface area (Å²) in [4.78, 5) is 13.1. The Morgan fingerprint density at radius 1 is 1.00 bits per heavy atom. The largest absolute Gasteiger partial charge is 0.496 e. The molecule has 1 aliphatic rings. The molecule has 0 N–H and O–H groups in total. The molecule has 3 nitrogen and oxygen atoms in total. The average Bonchev–Trinajstić information content (AvgIpc) is 2.68. The van der Waals surface area contributed by atoms with Crippen LogP contribution in [-0.4, -0.2) is 19.0 Å². The third-order valence-corrected chi connectivity index (χ3v) is 5.64. The van der Waals surface area contributed by atoms with Gasteiger partial charge in [0, 0.05) is 11.5 Å². The molecule has 2 aromatic carbocycles. The first kappa shape index (κ1) is 19.5. The SMILES string of the molecule is COc1cc(C(C)C(=O)c2ccc(OC3CCCCC3)cc2C)ccc1C. The fourth-order valence-corrected chi connectivity index (χ4v) is 3.85. The zero-order valence-electron chi connectivity index (χ0n) is 16.9. The van der Waals surface area contributed by atoms with Crippen LogP contribution in [0.25, 0.3) is 0 Å². The van der Waals surface area contributed by atoms with Crippen LogP contribution in [0, 0.1) is 13.8 Å². The van der Waals surface area contributed by atoms with Crippen molar-refractivity contribution in [3.63, 3.8) is 0 Å². The Labute approximate surface area is 162 Å². The second-order valence-electron chi connectivity index (χ2n) is 7.67. The van der Waals surface area contributed by atoms with Crippen molar-refractivity contribution in [2.45, 2.75) is 64.9 Å². The van der Waals surface area contributed by atoms with Crippen molar-refractivity contribution >= 4 is 5.78 Å². The number of hydrogen-bond acceptors (Lipinski definition) is 3. The topological polar surface area (TPSA) is 35.5 Å². The van der Waals surface area contributed by atoms with E-state index in [2.05, 4.69) is 0 Å². The highest BCUT2D eigenvalue weighted by atomic mass is 16.5. The van der Waals surface area contributed by atoms with Gasteiger partial charge >= 0.3 is 0 Å². The van der Waals surface area contributed by atoms with E-state index in [-0.39, 0.29) is 11.7 Å². The number of ketones is 1. The lowest BCUT2D eigenvalue weighted by Gasteiger charge is -2.23. The molecule has 1 unspecified atom stereocenters. The Bertz CT molecular complexity index is 803. The number of carbonyl (C=O) groups is 1. The molecule has 1 atom stereocenters. The number of rotatable bonds is 6. The normalized spacial score (nSPS) is 16.0. The summed E-state index contributed by atoms with van der Waals surface area (Å²) >= 11 is 0. The summed E-state index contributed by atoms with van der Waals surface area (Å²) in [5.74, 6) is 1.60. The van der Waals surface area contributed by atoms with Crippen molar-refractivity contribution in [1.29, 1.82) is 0 Å². The summed E-state index contributed by atoms with van der Waals surface area (Å²) in [6.07, 6.45) is 6.39. The summed E-state index contributed by atoms with van der Waals surface area (Å²) in [7, 11) is 1.66. The predicted octanol–water partition coefficient (Wildman–Crippen LogP) is 6.01. The molecule has 2 aromatic rings. The third-order valence-electron chi connectivity index (χ3n) is 5.64. The smallest absolute Gasteiger partial charge is 0.170 e. The molecule has 0 amide bonds. The van der Waals surface area contributed by atoms with Gasteiger partial charge in [-0.1, -0.05) is 25.5 Å². The molecule has 3 heteroatoms. The molecule has 3 rings (SSSR count). The fourth-order valence-electron chi connectivity index (χ4n) is 3.85. The summed E-state index contributed by atoms with van der Waals surface area (Å²) < 4.78 is 11.5. The van der Waals surface area contributed by atoms with Crippen molar-refractivity contribution in [2.24, 2.45) is 0 Å². The van der Waals surface area contributed by atoms with Gasteiger partial charge in [0.25, 0.3) is 0 Å². The number of aryl methyl sites for hydroxylation is 2. The van der Waals surface area contributed by atoms with Gasteiger partial charge in [-0.25, -0.2) is 0 Å². The standard InChI is InChI=1S/C24H30O3/c1-16-10-11-19(15-23(16)26-4)18(3)24(25)22-13-12-21(14-17(22)2)27-20-8-6-5-7-9-20/h10-15,18,20H,5-9H2,1-4H3. The maximum Gasteiger partial charge on any atom is 0.170 e. The lowest BCUT2D eigenvalue weighted by Crippen LogP contribution is -2.19. The summed E-state index contributed by atoms with van der Waals surface area (Å²) in [6.45, 7) is 5.95. The molecule has 0 spiro atoms. The van der Waals surface area contributed by atoms with Crippen LogP contribution >= 0.6 is 0 Å². The minimum atomic E-state index is -0.219. The fraction of sp³-hybridized carbons (Fsp3) is 0.458. The molecule has 144 valence electrons. The van der Waals surface area contributed by atoms with Gasteiger partial charge in [0.1, 0.15) is 11.5 Å². The minimum Gasteiger partial charge on any atom is -0.496 e. The Morgan fingerprint density at radius 3 is 2.41 bits per heavy atom. The number of benzene rings is 2. The molecule has 0 saturated heterocycles. The van der Waals surface area contributed by atoms with E-state index in [0.29, 0.717) is 6.10 Å². The number of Topliss-reactive ketones (excluding diaryl/α,β-unsaturated/α-hetero) is 1. The molecule has 0 aliphatic heterocycles. The van der Waals surface area contributed by atoms with Gasteiger partial charge in [0.15, 0.2) is 5.78 Å². The second-order valence-corrected chi connectivity index (χ2v) is 7.67. The summed E-state index contributed by atoms with van der Waals surface area (Å²) in [5.41, 5.74) is 3.78. The van der Waals surface area contributed by atoms with Crippen LogP contribution in [0.1, 0.15) is 72.0 Å². The Hall–Kier alpha value is -2.29. The van der Waals surface area contributed by atoms with Gasteiger partial charge in [0.05, 0.1) is 13.2 Å². The van der Waals surface area contributed by atoms with Crippen LogP contribution in [0.4, 0.5) is 0 Å². The van der Waals surface area contributed by atoms with Gasteiger partial charge in [-0.05, 0) is 80.5 Å². The quantitative estimate of drug-likeness (QED) is 0.587. The van der Waals surface area contributed by atoms with Crippen molar-refractivity contribution in [1.82, 2.24) is 0 Å². The van der Waals surface area contributed by atoms with Gasteiger partial charge < -0.3 is 9.47 Å².